The Bertz CT molecular complexity index is 1010. The van der Waals surface area contributed by atoms with Crippen molar-refractivity contribution < 1.29 is 9.72 Å². The van der Waals surface area contributed by atoms with Crippen LogP contribution in [0.4, 0.5) is 33.8 Å². The van der Waals surface area contributed by atoms with Crippen molar-refractivity contribution >= 4 is 51.1 Å². The fourth-order valence-electron chi connectivity index (χ4n) is 2.34. The first-order valence-corrected chi connectivity index (χ1v) is 9.00. The van der Waals surface area contributed by atoms with E-state index in [0.717, 1.165) is 10.6 Å². The molecule has 2 aromatic heterocycles. The van der Waals surface area contributed by atoms with Gasteiger partial charge in [-0.3, -0.25) is 14.9 Å². The summed E-state index contributed by atoms with van der Waals surface area (Å²) in [6, 6.07) is 6.71. The Morgan fingerprint density at radius 3 is 2.21 bits per heavy atom. The van der Waals surface area contributed by atoms with Gasteiger partial charge in [0.1, 0.15) is 6.33 Å². The fourth-order valence-corrected chi connectivity index (χ4v) is 3.15. The quantitative estimate of drug-likeness (QED) is 0.419. The number of carbonyl (C=O) groups excluding carboxylic acids is 1. The van der Waals surface area contributed by atoms with Crippen LogP contribution in [0.1, 0.15) is 17.5 Å². The Kier molecular flexibility index (Phi) is 5.45. The van der Waals surface area contributed by atoms with Crippen molar-refractivity contribution in [3.05, 3.63) is 51.3 Å². The van der Waals surface area contributed by atoms with Gasteiger partial charge in [0.05, 0.1) is 10.6 Å². The summed E-state index contributed by atoms with van der Waals surface area (Å²) >= 11 is 1.39. The number of hydrogen-bond acceptors (Lipinski definition) is 9. The molecule has 11 heteroatoms. The average Bonchev–Trinajstić information content (AvgIpc) is 2.93. The van der Waals surface area contributed by atoms with Crippen molar-refractivity contribution in [1.29, 1.82) is 0 Å². The summed E-state index contributed by atoms with van der Waals surface area (Å²) in [5.41, 5.74) is 1.75. The Morgan fingerprint density at radius 1 is 1.07 bits per heavy atom. The predicted octanol–water partition coefficient (Wildman–Crippen LogP) is 3.90. The molecule has 0 radical (unpaired) electrons. The van der Waals surface area contributed by atoms with E-state index in [9.17, 15) is 14.9 Å². The van der Waals surface area contributed by atoms with Gasteiger partial charge in [-0.15, -0.1) is 11.3 Å². The molecule has 3 aromatic rings. The summed E-state index contributed by atoms with van der Waals surface area (Å²) in [5, 5.41) is 20.6. The maximum Gasteiger partial charge on any atom is 0.353 e. The molecule has 0 bridgehead atoms. The average molecular weight is 399 g/mol. The molecule has 28 heavy (non-hydrogen) atoms. The van der Waals surface area contributed by atoms with E-state index in [1.807, 2.05) is 13.8 Å². The van der Waals surface area contributed by atoms with Crippen LogP contribution in [0.3, 0.4) is 0 Å². The van der Waals surface area contributed by atoms with Crippen molar-refractivity contribution in [3.8, 4) is 0 Å². The first kappa shape index (κ1) is 19.2. The minimum atomic E-state index is -0.552. The molecule has 0 aliphatic carbocycles. The first-order chi connectivity index (χ1) is 13.3. The lowest BCUT2D eigenvalue weighted by molar-refractivity contribution is -0.383. The number of benzene rings is 1. The number of anilines is 5. The van der Waals surface area contributed by atoms with Crippen LogP contribution < -0.4 is 16.0 Å². The summed E-state index contributed by atoms with van der Waals surface area (Å²) in [7, 11) is 0. The Labute approximate surface area is 164 Å². The number of nitro groups is 1. The highest BCUT2D eigenvalue weighted by Gasteiger charge is 2.24. The molecule has 1 amide bonds. The minimum absolute atomic E-state index is 0.0415. The number of amides is 1. The van der Waals surface area contributed by atoms with Gasteiger partial charge in [-0.2, -0.15) is 0 Å². The minimum Gasteiger partial charge on any atom is -0.334 e. The number of hydrogen-bond donors (Lipinski definition) is 3. The van der Waals surface area contributed by atoms with Crippen LogP contribution in [0.5, 0.6) is 0 Å². The van der Waals surface area contributed by atoms with E-state index in [1.165, 1.54) is 24.6 Å². The zero-order valence-electron chi connectivity index (χ0n) is 15.3. The van der Waals surface area contributed by atoms with Crippen LogP contribution in [0, 0.1) is 24.0 Å². The molecule has 10 nitrogen and oxygen atoms in total. The maximum atomic E-state index is 11.7. The number of thiazole rings is 1. The van der Waals surface area contributed by atoms with Crippen LogP contribution in [-0.2, 0) is 4.79 Å². The molecule has 3 rings (SSSR count). The van der Waals surface area contributed by atoms with Crippen LogP contribution in [0.2, 0.25) is 0 Å². The van der Waals surface area contributed by atoms with Gasteiger partial charge in [0, 0.05) is 23.2 Å². The topological polar surface area (TPSA) is 135 Å². The van der Waals surface area contributed by atoms with E-state index in [-0.39, 0.29) is 23.2 Å². The Hall–Kier alpha value is -3.60. The van der Waals surface area contributed by atoms with Crippen molar-refractivity contribution in [3.63, 3.8) is 0 Å². The van der Waals surface area contributed by atoms with Crippen LogP contribution in [0.25, 0.3) is 0 Å². The number of nitrogens with one attached hydrogen (secondary N) is 3. The zero-order valence-corrected chi connectivity index (χ0v) is 16.1. The third-order valence-electron chi connectivity index (χ3n) is 3.73. The second-order valence-electron chi connectivity index (χ2n) is 5.85. The van der Waals surface area contributed by atoms with Crippen molar-refractivity contribution in [2.24, 2.45) is 0 Å². The highest BCUT2D eigenvalue weighted by molar-refractivity contribution is 7.15. The van der Waals surface area contributed by atoms with Gasteiger partial charge in [0.25, 0.3) is 0 Å². The van der Waals surface area contributed by atoms with Crippen LogP contribution in [0.15, 0.2) is 30.6 Å². The van der Waals surface area contributed by atoms with Gasteiger partial charge in [0.2, 0.25) is 17.5 Å². The summed E-state index contributed by atoms with van der Waals surface area (Å²) in [6.45, 7) is 5.20. The summed E-state index contributed by atoms with van der Waals surface area (Å²) < 4.78 is 0. The standard InChI is InChI=1S/C17H17N7O3S/c1-9-10(2)28-17(20-9)23-16-14(24(26)27)15(18-8-19-16)22-13-6-4-12(5-7-13)21-11(3)25/h4-8H,1-3H3,(H,21,25)(H2,18,19,20,22,23). The molecule has 2 heterocycles. The van der Waals surface area contributed by atoms with Crippen molar-refractivity contribution in [2.75, 3.05) is 16.0 Å². The number of rotatable bonds is 6. The molecule has 0 unspecified atom stereocenters. The molecule has 0 aliphatic heterocycles. The predicted molar refractivity (Wildman–Crippen MR) is 108 cm³/mol. The molecule has 0 aliphatic rings. The van der Waals surface area contributed by atoms with Crippen LogP contribution >= 0.6 is 11.3 Å². The first-order valence-electron chi connectivity index (χ1n) is 8.18. The van der Waals surface area contributed by atoms with E-state index in [0.29, 0.717) is 16.5 Å². The number of aromatic nitrogens is 3. The normalized spacial score (nSPS) is 10.4. The molecule has 1 aromatic carbocycles. The van der Waals surface area contributed by atoms with Gasteiger partial charge >= 0.3 is 5.69 Å². The summed E-state index contributed by atoms with van der Waals surface area (Å²) in [5.74, 6) is -0.0959. The third kappa shape index (κ3) is 4.38. The third-order valence-corrected chi connectivity index (χ3v) is 4.72. The fraction of sp³-hybridized carbons (Fsp3) is 0.176. The second-order valence-corrected chi connectivity index (χ2v) is 7.05. The second kappa shape index (κ2) is 7.96. The lowest BCUT2D eigenvalue weighted by Crippen LogP contribution is -2.06. The molecule has 0 fully saturated rings. The molecule has 3 N–H and O–H groups in total. The van der Waals surface area contributed by atoms with Gasteiger partial charge in [-0.25, -0.2) is 15.0 Å². The summed E-state index contributed by atoms with van der Waals surface area (Å²) in [4.78, 5) is 35.5. The Morgan fingerprint density at radius 2 is 1.68 bits per heavy atom. The van der Waals surface area contributed by atoms with Crippen molar-refractivity contribution in [2.45, 2.75) is 20.8 Å². The van der Waals surface area contributed by atoms with Crippen molar-refractivity contribution in [1.82, 2.24) is 15.0 Å². The molecular formula is C17H17N7O3S. The number of carbonyl (C=O) groups is 1. The monoisotopic (exact) mass is 399 g/mol. The van der Waals surface area contributed by atoms with Gasteiger partial charge in [-0.1, -0.05) is 0 Å². The van der Waals surface area contributed by atoms with E-state index in [2.05, 4.69) is 30.9 Å². The molecule has 144 valence electrons. The highest BCUT2D eigenvalue weighted by atomic mass is 32.1. The van der Waals surface area contributed by atoms with E-state index < -0.39 is 4.92 Å². The SMILES string of the molecule is CC(=O)Nc1ccc(Nc2ncnc(Nc3nc(C)c(C)s3)c2[N+](=O)[O-])cc1. The Balaban J connectivity index is 1.88. The number of nitrogens with zero attached hydrogens (tertiary/aromatic N) is 4. The summed E-state index contributed by atoms with van der Waals surface area (Å²) in [6.07, 6.45) is 1.23. The van der Waals surface area contributed by atoms with Gasteiger partial charge in [0.15, 0.2) is 5.13 Å². The zero-order chi connectivity index (χ0) is 20.3. The molecular weight excluding hydrogens is 382 g/mol. The highest BCUT2D eigenvalue weighted by Crippen LogP contribution is 2.34. The number of aryl methyl sites for hydroxylation is 2. The molecule has 0 saturated carbocycles. The molecule has 0 saturated heterocycles. The molecule has 0 spiro atoms. The maximum absolute atomic E-state index is 11.7. The van der Waals surface area contributed by atoms with Gasteiger partial charge in [-0.05, 0) is 38.1 Å². The lowest BCUT2D eigenvalue weighted by atomic mass is 10.2. The molecule has 0 atom stereocenters. The largest absolute Gasteiger partial charge is 0.353 e. The lowest BCUT2D eigenvalue weighted by Gasteiger charge is -2.09. The van der Waals surface area contributed by atoms with Gasteiger partial charge < -0.3 is 16.0 Å². The van der Waals surface area contributed by atoms with E-state index >= 15 is 0 Å². The van der Waals surface area contributed by atoms with Crippen LogP contribution in [-0.4, -0.2) is 25.8 Å². The van der Waals surface area contributed by atoms with E-state index in [1.54, 1.807) is 24.3 Å². The smallest absolute Gasteiger partial charge is 0.334 e. The van der Waals surface area contributed by atoms with E-state index in [4.69, 9.17) is 0 Å².